The zero-order valence-electron chi connectivity index (χ0n) is 17.2. The minimum Gasteiger partial charge on any atom is -0.379 e. The monoisotopic (exact) mass is 523 g/mol. The summed E-state index contributed by atoms with van der Waals surface area (Å²) >= 11 is 5.36. The Labute approximate surface area is 195 Å². The van der Waals surface area contributed by atoms with Crippen LogP contribution >= 0.6 is 11.6 Å². The van der Waals surface area contributed by atoms with Gasteiger partial charge in [-0.2, -0.15) is 13.2 Å². The summed E-state index contributed by atoms with van der Waals surface area (Å²) in [6.07, 6.45) is -5.11. The van der Waals surface area contributed by atoms with E-state index in [2.05, 4.69) is 5.32 Å². The van der Waals surface area contributed by atoms with Gasteiger partial charge >= 0.3 is 6.18 Å². The lowest BCUT2D eigenvalue weighted by atomic mass is 10.1. The first-order chi connectivity index (χ1) is 15.6. The summed E-state index contributed by atoms with van der Waals surface area (Å²) in [5, 5.41) is 25.6. The van der Waals surface area contributed by atoms with Crippen LogP contribution in [0.4, 0.5) is 30.2 Å². The van der Waals surface area contributed by atoms with Crippen LogP contribution in [0.15, 0.2) is 47.4 Å². The molecule has 34 heavy (non-hydrogen) atoms. The Morgan fingerprint density at radius 1 is 1.09 bits per heavy atom. The molecule has 15 heteroatoms. The Morgan fingerprint density at radius 2 is 1.65 bits per heavy atom. The number of amides is 2. The van der Waals surface area contributed by atoms with Gasteiger partial charge < -0.3 is 15.7 Å². The second-order valence-corrected chi connectivity index (χ2v) is 9.44. The number of rotatable bonds is 8. The van der Waals surface area contributed by atoms with Crippen molar-refractivity contribution in [2.45, 2.75) is 23.6 Å². The third kappa shape index (κ3) is 6.65. The number of benzene rings is 2. The molecule has 0 unspecified atom stereocenters. The number of carbonyl (C=O) groups is 2. The number of nitrogens with zero attached hydrogens (tertiary/aromatic N) is 1. The highest BCUT2D eigenvalue weighted by Gasteiger charge is 2.40. The van der Waals surface area contributed by atoms with Crippen LogP contribution in [0.5, 0.6) is 0 Å². The van der Waals surface area contributed by atoms with Gasteiger partial charge in [0, 0.05) is 17.4 Å². The predicted octanol–water partition coefficient (Wildman–Crippen LogP) is 2.95. The fourth-order valence-electron chi connectivity index (χ4n) is 2.72. The van der Waals surface area contributed by atoms with Crippen molar-refractivity contribution in [3.8, 4) is 0 Å². The molecule has 2 aromatic rings. The van der Waals surface area contributed by atoms with Crippen molar-refractivity contribution in [1.82, 2.24) is 0 Å². The van der Waals surface area contributed by atoms with Gasteiger partial charge in [0.25, 0.3) is 11.6 Å². The minimum atomic E-state index is -5.11. The Bertz CT molecular complexity index is 1220. The van der Waals surface area contributed by atoms with Gasteiger partial charge in [-0.25, -0.2) is 8.42 Å². The maximum atomic E-state index is 13.1. The summed E-state index contributed by atoms with van der Waals surface area (Å²) in [6, 6.07) is 6.36. The van der Waals surface area contributed by atoms with E-state index in [0.717, 1.165) is 25.1 Å². The van der Waals surface area contributed by atoms with Gasteiger partial charge in [-0.15, -0.1) is 11.6 Å². The van der Waals surface area contributed by atoms with Crippen LogP contribution in [0, 0.1) is 10.1 Å². The van der Waals surface area contributed by atoms with E-state index >= 15 is 0 Å². The molecule has 3 N–H and O–H groups in total. The van der Waals surface area contributed by atoms with Crippen molar-refractivity contribution in [2.75, 3.05) is 22.3 Å². The molecule has 0 aliphatic rings. The van der Waals surface area contributed by atoms with Crippen molar-refractivity contribution < 1.29 is 41.2 Å². The van der Waals surface area contributed by atoms with Crippen molar-refractivity contribution in [2.24, 2.45) is 0 Å². The fourth-order valence-corrected chi connectivity index (χ4v) is 4.38. The average Bonchev–Trinajstić information content (AvgIpc) is 2.72. The van der Waals surface area contributed by atoms with Crippen molar-refractivity contribution in [3.05, 3.63) is 58.1 Å². The number of hydrogen-bond donors (Lipinski definition) is 3. The number of alkyl halides is 4. The molecule has 2 rings (SSSR count). The van der Waals surface area contributed by atoms with Crippen molar-refractivity contribution >= 4 is 50.3 Å². The molecule has 0 aliphatic heterocycles. The highest BCUT2D eigenvalue weighted by molar-refractivity contribution is 7.91. The summed E-state index contributed by atoms with van der Waals surface area (Å²) in [4.78, 5) is 33.0. The first-order valence-corrected chi connectivity index (χ1v) is 11.3. The van der Waals surface area contributed by atoms with Gasteiger partial charge in [-0.3, -0.25) is 19.7 Å². The summed E-state index contributed by atoms with van der Waals surface area (Å²) in [5.41, 5.74) is -5.77. The molecule has 0 saturated carbocycles. The van der Waals surface area contributed by atoms with E-state index in [9.17, 15) is 46.4 Å². The number of nitro groups is 1. The van der Waals surface area contributed by atoms with Crippen LogP contribution in [0.2, 0.25) is 0 Å². The summed E-state index contributed by atoms with van der Waals surface area (Å²) in [7, 11) is -4.27. The molecular formula is C19H17ClF3N3O7S. The third-order valence-electron chi connectivity index (χ3n) is 4.34. The van der Waals surface area contributed by atoms with E-state index in [0.29, 0.717) is 12.1 Å². The van der Waals surface area contributed by atoms with Crippen LogP contribution in [0.3, 0.4) is 0 Å². The van der Waals surface area contributed by atoms with E-state index in [1.807, 2.05) is 5.32 Å². The van der Waals surface area contributed by atoms with Crippen LogP contribution in [-0.2, 0) is 25.6 Å². The molecular weight excluding hydrogens is 507 g/mol. The maximum Gasteiger partial charge on any atom is 0.423 e. The maximum absolute atomic E-state index is 13.1. The molecule has 0 fully saturated rings. The first-order valence-electron chi connectivity index (χ1n) is 9.15. The Morgan fingerprint density at radius 3 is 2.15 bits per heavy atom. The second-order valence-electron chi connectivity index (χ2n) is 7.18. The number of aliphatic hydroxyl groups is 1. The predicted molar refractivity (Wildman–Crippen MR) is 115 cm³/mol. The van der Waals surface area contributed by atoms with Gasteiger partial charge in [0.05, 0.1) is 15.6 Å². The molecule has 0 spiro atoms. The topological polar surface area (TPSA) is 156 Å². The van der Waals surface area contributed by atoms with E-state index in [1.54, 1.807) is 0 Å². The number of carbonyl (C=O) groups excluding carboxylic acids is 2. The van der Waals surface area contributed by atoms with Crippen LogP contribution in [-0.4, -0.2) is 47.5 Å². The number of nitro benzene ring substituents is 1. The molecule has 1 atom stereocenters. The Kier molecular flexibility index (Phi) is 7.90. The largest absolute Gasteiger partial charge is 0.423 e. The van der Waals surface area contributed by atoms with Crippen LogP contribution in [0.1, 0.15) is 12.5 Å². The molecule has 2 aromatic carbocycles. The molecule has 0 saturated heterocycles. The molecule has 184 valence electrons. The van der Waals surface area contributed by atoms with E-state index in [4.69, 9.17) is 11.6 Å². The van der Waals surface area contributed by atoms with Crippen LogP contribution in [0.25, 0.3) is 0 Å². The van der Waals surface area contributed by atoms with Gasteiger partial charge in [-0.1, -0.05) is 0 Å². The normalized spacial score (nSPS) is 13.6. The summed E-state index contributed by atoms with van der Waals surface area (Å²) in [5.74, 6) is -3.35. The molecule has 0 aromatic heterocycles. The average molecular weight is 524 g/mol. The quantitative estimate of drug-likeness (QED) is 0.273. The Hall–Kier alpha value is -3.23. The Balaban J connectivity index is 2.22. The minimum absolute atomic E-state index is 0.243. The number of halogens is 4. The van der Waals surface area contributed by atoms with Gasteiger partial charge in [0.2, 0.25) is 5.91 Å². The zero-order valence-corrected chi connectivity index (χ0v) is 18.8. The number of anilines is 2. The second kappa shape index (κ2) is 9.95. The molecule has 10 nitrogen and oxygen atoms in total. The standard InChI is InChI=1S/C19H17ClF3N3O7S/c1-18(29,10-34(32,33)13-5-2-11(3-6-13)24-16(27)9-20)17(28)25-12-4-7-15(26(30)31)14(8-12)19(21,22)23/h2-8,29H,9-10H2,1H3,(H,24,27)(H,25,28)/t18-/m1/s1. The number of hydrogen-bond acceptors (Lipinski definition) is 7. The lowest BCUT2D eigenvalue weighted by Gasteiger charge is -2.22. The third-order valence-corrected chi connectivity index (χ3v) is 6.51. The lowest BCUT2D eigenvalue weighted by Crippen LogP contribution is -2.45. The number of nitrogens with one attached hydrogen (secondary N) is 2. The molecule has 0 aliphatic carbocycles. The van der Waals surface area contributed by atoms with E-state index in [-0.39, 0.29) is 16.5 Å². The van der Waals surface area contributed by atoms with E-state index < -0.39 is 61.0 Å². The first kappa shape index (κ1) is 27.0. The van der Waals surface area contributed by atoms with Crippen LogP contribution < -0.4 is 10.6 Å². The van der Waals surface area contributed by atoms with Crippen molar-refractivity contribution in [3.63, 3.8) is 0 Å². The fraction of sp³-hybridized carbons (Fsp3) is 0.263. The SMILES string of the molecule is C[C@@](O)(CS(=O)(=O)c1ccc(NC(=O)CCl)cc1)C(=O)Nc1ccc([N+](=O)[O-])c(C(F)(F)F)c1. The molecule has 0 radical (unpaired) electrons. The highest BCUT2D eigenvalue weighted by atomic mass is 35.5. The van der Waals surface area contributed by atoms with Gasteiger partial charge in [0.15, 0.2) is 15.4 Å². The highest BCUT2D eigenvalue weighted by Crippen LogP contribution is 2.37. The molecule has 2 amide bonds. The summed E-state index contributed by atoms with van der Waals surface area (Å²) in [6.45, 7) is 0.838. The lowest BCUT2D eigenvalue weighted by molar-refractivity contribution is -0.388. The summed E-state index contributed by atoms with van der Waals surface area (Å²) < 4.78 is 64.6. The van der Waals surface area contributed by atoms with Gasteiger partial charge in [-0.05, 0) is 43.3 Å². The van der Waals surface area contributed by atoms with Gasteiger partial charge in [0.1, 0.15) is 11.4 Å². The molecule has 0 heterocycles. The van der Waals surface area contributed by atoms with E-state index in [1.165, 1.54) is 12.1 Å². The zero-order chi connectivity index (χ0) is 25.9. The smallest absolute Gasteiger partial charge is 0.379 e. The van der Waals surface area contributed by atoms with Crippen molar-refractivity contribution in [1.29, 1.82) is 0 Å². The number of sulfone groups is 1. The molecule has 0 bridgehead atoms.